The smallest absolute Gasteiger partial charge is 0.438 e. The molecular formula is C13H11F13O2. The molecule has 2 nitrogen and oxygen atoms in total. The summed E-state index contributed by atoms with van der Waals surface area (Å²) in [6.07, 6.45) is -19.2. The van der Waals surface area contributed by atoms with Crippen LogP contribution >= 0.6 is 0 Å². The maximum Gasteiger partial charge on any atom is 0.438 e. The molecule has 0 aliphatic rings. The molecular weight excluding hydrogens is 435 g/mol. The highest BCUT2D eigenvalue weighted by Gasteiger charge is 2.93. The third kappa shape index (κ3) is 4.31. The van der Waals surface area contributed by atoms with E-state index >= 15 is 0 Å². The summed E-state index contributed by atoms with van der Waals surface area (Å²) < 4.78 is 171. The Labute approximate surface area is 148 Å². The maximum absolute atomic E-state index is 13.4. The first-order valence-corrected chi connectivity index (χ1v) is 6.86. The third-order valence-corrected chi connectivity index (χ3v) is 3.28. The van der Waals surface area contributed by atoms with Crippen LogP contribution < -0.4 is 0 Å². The van der Waals surface area contributed by atoms with Crippen molar-refractivity contribution in [1.29, 1.82) is 0 Å². The van der Waals surface area contributed by atoms with Crippen molar-refractivity contribution in [2.45, 2.75) is 55.6 Å². The zero-order chi connectivity index (χ0) is 23.0. The molecule has 0 atom stereocenters. The number of rotatable bonds is 8. The minimum atomic E-state index is -7.97. The summed E-state index contributed by atoms with van der Waals surface area (Å²) in [6, 6.07) is 0. The van der Waals surface area contributed by atoms with Gasteiger partial charge in [-0.2, -0.15) is 52.7 Å². The van der Waals surface area contributed by atoms with Gasteiger partial charge in [0.2, 0.25) is 0 Å². The van der Waals surface area contributed by atoms with Crippen LogP contribution in [0.2, 0.25) is 0 Å². The van der Waals surface area contributed by atoms with Crippen LogP contribution in [0.1, 0.15) is 19.8 Å². The molecule has 0 saturated carbocycles. The van der Waals surface area contributed by atoms with Crippen LogP contribution in [0.25, 0.3) is 0 Å². The number of carbonyl (C=O) groups excluding carboxylic acids is 1. The van der Waals surface area contributed by atoms with Gasteiger partial charge >= 0.3 is 41.8 Å². The van der Waals surface area contributed by atoms with E-state index in [1.807, 2.05) is 0 Å². The average molecular weight is 446 g/mol. The number of hydrogen-bond donors (Lipinski definition) is 0. The molecule has 0 rings (SSSR count). The maximum atomic E-state index is 13.4. The molecule has 28 heavy (non-hydrogen) atoms. The number of alkyl halides is 13. The van der Waals surface area contributed by atoms with Crippen molar-refractivity contribution in [2.75, 3.05) is 6.61 Å². The fourth-order valence-electron chi connectivity index (χ4n) is 1.70. The standard InChI is InChI=1S/C13H11F13O2/c1-6(2)7(27)28-5-3-4-8(14,15)10(17,18)11(19,20)9(16,12(21,22)23)13(24,25)26/h1,3-5H2,2H3. The normalized spacial score (nSPS) is 14.8. The van der Waals surface area contributed by atoms with Gasteiger partial charge in [-0.3, -0.25) is 0 Å². The summed E-state index contributed by atoms with van der Waals surface area (Å²) in [4.78, 5) is 10.9. The van der Waals surface area contributed by atoms with Gasteiger partial charge in [-0.25, -0.2) is 9.18 Å². The number of esters is 1. The van der Waals surface area contributed by atoms with E-state index in [2.05, 4.69) is 11.3 Å². The van der Waals surface area contributed by atoms with Crippen LogP contribution in [0.5, 0.6) is 0 Å². The van der Waals surface area contributed by atoms with E-state index in [-0.39, 0.29) is 5.57 Å². The largest absolute Gasteiger partial charge is 0.462 e. The lowest BCUT2D eigenvalue weighted by atomic mass is 9.86. The minimum Gasteiger partial charge on any atom is -0.462 e. The molecule has 0 aromatic carbocycles. The van der Waals surface area contributed by atoms with Crippen LogP contribution in [0.4, 0.5) is 57.1 Å². The summed E-state index contributed by atoms with van der Waals surface area (Å²) in [5, 5.41) is 0. The molecule has 0 amide bonds. The monoisotopic (exact) mass is 446 g/mol. The predicted octanol–water partition coefficient (Wildman–Crippen LogP) is 5.62. The van der Waals surface area contributed by atoms with Gasteiger partial charge < -0.3 is 4.74 Å². The Balaban J connectivity index is 5.78. The van der Waals surface area contributed by atoms with Crippen molar-refractivity contribution in [3.8, 4) is 0 Å². The highest BCUT2D eigenvalue weighted by atomic mass is 19.4. The Morgan fingerprint density at radius 2 is 1.18 bits per heavy atom. The van der Waals surface area contributed by atoms with Gasteiger partial charge in [0.15, 0.2) is 0 Å². The SMILES string of the molecule is C=C(C)C(=O)OCCCC(F)(F)C(F)(F)C(F)(F)C(F)(C(F)(F)F)C(F)(F)F. The van der Waals surface area contributed by atoms with E-state index in [0.29, 0.717) is 0 Å². The Bertz CT molecular complexity index is 574. The van der Waals surface area contributed by atoms with Crippen molar-refractivity contribution in [3.05, 3.63) is 12.2 Å². The lowest BCUT2D eigenvalue weighted by Crippen LogP contribution is -2.73. The molecule has 0 radical (unpaired) electrons. The molecule has 0 saturated heterocycles. The van der Waals surface area contributed by atoms with E-state index in [4.69, 9.17) is 0 Å². The topological polar surface area (TPSA) is 26.3 Å². The van der Waals surface area contributed by atoms with Gasteiger partial charge in [0, 0.05) is 12.0 Å². The van der Waals surface area contributed by atoms with Crippen LogP contribution in [0, 0.1) is 0 Å². The molecule has 0 aliphatic heterocycles. The highest BCUT2D eigenvalue weighted by Crippen LogP contribution is 2.62. The minimum absolute atomic E-state index is 0.291. The zero-order valence-electron chi connectivity index (χ0n) is 13.6. The Morgan fingerprint density at radius 1 is 0.786 bits per heavy atom. The molecule has 0 heterocycles. The Hall–Kier alpha value is -1.70. The van der Waals surface area contributed by atoms with E-state index in [1.54, 1.807) is 0 Å². The van der Waals surface area contributed by atoms with Gasteiger partial charge in [0.25, 0.3) is 0 Å². The molecule has 15 heteroatoms. The van der Waals surface area contributed by atoms with Crippen LogP contribution in [0.3, 0.4) is 0 Å². The summed E-state index contributed by atoms with van der Waals surface area (Å²) in [5.74, 6) is -22.8. The lowest BCUT2D eigenvalue weighted by molar-refractivity contribution is -0.444. The number of carbonyl (C=O) groups is 1. The van der Waals surface area contributed by atoms with Gasteiger partial charge in [-0.1, -0.05) is 6.58 Å². The fourth-order valence-corrected chi connectivity index (χ4v) is 1.70. The summed E-state index contributed by atoms with van der Waals surface area (Å²) >= 11 is 0. The lowest BCUT2D eigenvalue weighted by Gasteiger charge is -2.41. The molecule has 0 aromatic rings. The number of ether oxygens (including phenoxy) is 1. The van der Waals surface area contributed by atoms with Gasteiger partial charge in [0.05, 0.1) is 6.61 Å². The Kier molecular flexibility index (Phi) is 7.15. The van der Waals surface area contributed by atoms with Crippen molar-refractivity contribution >= 4 is 5.97 Å². The van der Waals surface area contributed by atoms with Crippen LogP contribution in [-0.4, -0.2) is 48.4 Å². The summed E-state index contributed by atoms with van der Waals surface area (Å²) in [7, 11) is 0. The van der Waals surface area contributed by atoms with Gasteiger partial charge in [0.1, 0.15) is 0 Å². The highest BCUT2D eigenvalue weighted by molar-refractivity contribution is 5.86. The first-order chi connectivity index (χ1) is 12.1. The van der Waals surface area contributed by atoms with Crippen LogP contribution in [-0.2, 0) is 9.53 Å². The quantitative estimate of drug-likeness (QED) is 0.209. The van der Waals surface area contributed by atoms with E-state index in [0.717, 1.165) is 6.92 Å². The van der Waals surface area contributed by atoms with Gasteiger partial charge in [-0.15, -0.1) is 0 Å². The first-order valence-electron chi connectivity index (χ1n) is 6.86. The molecule has 0 bridgehead atoms. The molecule has 0 unspecified atom stereocenters. The van der Waals surface area contributed by atoms with Crippen molar-refractivity contribution in [3.63, 3.8) is 0 Å². The second-order valence-corrected chi connectivity index (χ2v) is 5.53. The summed E-state index contributed by atoms with van der Waals surface area (Å²) in [6.45, 7) is 2.96. The zero-order valence-corrected chi connectivity index (χ0v) is 13.6. The average Bonchev–Trinajstić information content (AvgIpc) is 2.47. The van der Waals surface area contributed by atoms with Crippen LogP contribution in [0.15, 0.2) is 12.2 Å². The molecule has 0 N–H and O–H groups in total. The van der Waals surface area contributed by atoms with Gasteiger partial charge in [-0.05, 0) is 13.3 Å². The predicted molar refractivity (Wildman–Crippen MR) is 65.8 cm³/mol. The first kappa shape index (κ1) is 26.3. The molecule has 0 aliphatic carbocycles. The molecule has 0 spiro atoms. The molecule has 166 valence electrons. The van der Waals surface area contributed by atoms with Crippen molar-refractivity contribution in [1.82, 2.24) is 0 Å². The second kappa shape index (κ2) is 7.61. The number of hydrogen-bond acceptors (Lipinski definition) is 2. The molecule has 0 fully saturated rings. The summed E-state index contributed by atoms with van der Waals surface area (Å²) in [5.41, 5.74) is -8.26. The number of halogens is 13. The fraction of sp³-hybridized carbons (Fsp3) is 0.769. The third-order valence-electron chi connectivity index (χ3n) is 3.28. The Morgan fingerprint density at radius 3 is 1.50 bits per heavy atom. The van der Waals surface area contributed by atoms with Crippen molar-refractivity contribution < 1.29 is 66.6 Å². The van der Waals surface area contributed by atoms with E-state index in [9.17, 15) is 61.9 Å². The molecule has 0 aromatic heterocycles. The van der Waals surface area contributed by atoms with E-state index < -0.39 is 61.2 Å². The van der Waals surface area contributed by atoms with E-state index in [1.165, 1.54) is 0 Å². The second-order valence-electron chi connectivity index (χ2n) is 5.53. The van der Waals surface area contributed by atoms with Crippen molar-refractivity contribution in [2.24, 2.45) is 0 Å².